The van der Waals surface area contributed by atoms with Crippen LogP contribution in [0.3, 0.4) is 0 Å². The Hall–Kier alpha value is -0.0800. The fraction of sp³-hybridized carbons (Fsp3) is 0.900. The fourth-order valence-corrected chi connectivity index (χ4v) is 1.93. The van der Waals surface area contributed by atoms with Crippen molar-refractivity contribution < 1.29 is 9.47 Å². The summed E-state index contributed by atoms with van der Waals surface area (Å²) in [5.41, 5.74) is 0. The maximum Gasteiger partial charge on any atom is 0.126 e. The van der Waals surface area contributed by atoms with Crippen molar-refractivity contribution in [1.29, 1.82) is 0 Å². The zero-order chi connectivity index (χ0) is 8.23. The Labute approximate surface area is 74.2 Å². The fourth-order valence-electron chi connectivity index (χ4n) is 1.93. The highest BCUT2D eigenvalue weighted by Gasteiger charge is 2.27. The van der Waals surface area contributed by atoms with E-state index in [4.69, 9.17) is 9.47 Å². The Bertz CT molecular complexity index is 108. The summed E-state index contributed by atoms with van der Waals surface area (Å²) in [7, 11) is 0. The van der Waals surface area contributed by atoms with Crippen LogP contribution in [0.15, 0.2) is 0 Å². The number of ether oxygens (including phenoxy) is 2. The van der Waals surface area contributed by atoms with Gasteiger partial charge in [0.05, 0.1) is 6.10 Å². The summed E-state index contributed by atoms with van der Waals surface area (Å²) in [6, 6.07) is 0. The second-order valence-electron chi connectivity index (χ2n) is 3.63. The van der Waals surface area contributed by atoms with Crippen LogP contribution in [-0.4, -0.2) is 19.3 Å². The number of hydrogen-bond acceptors (Lipinski definition) is 2. The van der Waals surface area contributed by atoms with Crippen molar-refractivity contribution in [1.82, 2.24) is 0 Å². The highest BCUT2D eigenvalue weighted by atomic mass is 16.5. The van der Waals surface area contributed by atoms with Crippen LogP contribution in [0.2, 0.25) is 0 Å². The van der Waals surface area contributed by atoms with E-state index in [-0.39, 0.29) is 0 Å². The first-order valence-corrected chi connectivity index (χ1v) is 5.07. The van der Waals surface area contributed by atoms with Gasteiger partial charge in [-0.2, -0.15) is 0 Å². The third kappa shape index (κ3) is 1.99. The molecule has 69 valence electrons. The molecular weight excluding hydrogens is 152 g/mol. The van der Waals surface area contributed by atoms with Crippen molar-refractivity contribution in [3.63, 3.8) is 0 Å². The van der Waals surface area contributed by atoms with Crippen molar-refractivity contribution in [2.24, 2.45) is 0 Å². The van der Waals surface area contributed by atoms with E-state index in [0.717, 1.165) is 19.6 Å². The summed E-state index contributed by atoms with van der Waals surface area (Å²) in [5, 5.41) is 0. The first-order chi connectivity index (χ1) is 5.97. The first-order valence-electron chi connectivity index (χ1n) is 5.07. The Kier molecular flexibility index (Phi) is 3.01. The number of hydrogen-bond donors (Lipinski definition) is 0. The molecule has 0 N–H and O–H groups in total. The van der Waals surface area contributed by atoms with Gasteiger partial charge >= 0.3 is 0 Å². The largest absolute Gasteiger partial charge is 0.375 e. The van der Waals surface area contributed by atoms with E-state index in [9.17, 15) is 0 Å². The Morgan fingerprint density at radius 3 is 2.58 bits per heavy atom. The van der Waals surface area contributed by atoms with Gasteiger partial charge in [-0.25, -0.2) is 0 Å². The molecule has 2 rings (SSSR count). The van der Waals surface area contributed by atoms with E-state index in [1.165, 1.54) is 38.2 Å². The van der Waals surface area contributed by atoms with E-state index < -0.39 is 0 Å². The molecule has 0 aliphatic carbocycles. The van der Waals surface area contributed by atoms with Gasteiger partial charge in [-0.3, -0.25) is 0 Å². The van der Waals surface area contributed by atoms with Crippen molar-refractivity contribution in [3.8, 4) is 0 Å². The van der Waals surface area contributed by atoms with E-state index in [1.54, 1.807) is 0 Å². The molecule has 0 aromatic rings. The Morgan fingerprint density at radius 2 is 1.92 bits per heavy atom. The van der Waals surface area contributed by atoms with Crippen molar-refractivity contribution >= 4 is 0 Å². The summed E-state index contributed by atoms with van der Waals surface area (Å²) >= 11 is 0. The van der Waals surface area contributed by atoms with Crippen LogP contribution in [-0.2, 0) is 9.47 Å². The summed E-state index contributed by atoms with van der Waals surface area (Å²) in [4.78, 5) is 0. The van der Waals surface area contributed by atoms with Gasteiger partial charge < -0.3 is 9.47 Å². The maximum absolute atomic E-state index is 5.66. The van der Waals surface area contributed by atoms with Gasteiger partial charge in [0.25, 0.3) is 0 Å². The molecule has 0 spiro atoms. The number of rotatable bonds is 1. The molecule has 1 atom stereocenters. The third-order valence-corrected chi connectivity index (χ3v) is 2.64. The summed E-state index contributed by atoms with van der Waals surface area (Å²) in [5.74, 6) is 0. The van der Waals surface area contributed by atoms with Crippen LogP contribution in [0.5, 0.6) is 0 Å². The maximum atomic E-state index is 5.66. The molecule has 2 heteroatoms. The molecule has 0 amide bonds. The molecule has 0 aromatic carbocycles. The van der Waals surface area contributed by atoms with Crippen LogP contribution in [0.1, 0.15) is 38.5 Å². The lowest BCUT2D eigenvalue weighted by Crippen LogP contribution is -2.30. The first kappa shape index (κ1) is 8.52. The average Bonchev–Trinajstić information content (AvgIpc) is 2.21. The van der Waals surface area contributed by atoms with E-state index in [1.807, 2.05) is 0 Å². The summed E-state index contributed by atoms with van der Waals surface area (Å²) < 4.78 is 11.3. The molecule has 2 aliphatic heterocycles. The lowest BCUT2D eigenvalue weighted by atomic mass is 9.98. The zero-order valence-electron chi connectivity index (χ0n) is 7.55. The minimum atomic E-state index is 0.332. The standard InChI is InChI=1S/C10H17O2/c1-3-7-11-9(5-1)10-6-2-4-8-12-10/h9H,1-8H2. The second kappa shape index (κ2) is 4.24. The molecule has 2 aliphatic rings. The minimum absolute atomic E-state index is 0.332. The molecule has 1 unspecified atom stereocenters. The molecule has 2 heterocycles. The van der Waals surface area contributed by atoms with Crippen LogP contribution >= 0.6 is 0 Å². The summed E-state index contributed by atoms with van der Waals surface area (Å²) in [6.07, 6.45) is 8.90. The second-order valence-corrected chi connectivity index (χ2v) is 3.63. The minimum Gasteiger partial charge on any atom is -0.375 e. The molecule has 2 fully saturated rings. The van der Waals surface area contributed by atoms with E-state index in [2.05, 4.69) is 0 Å². The van der Waals surface area contributed by atoms with Gasteiger partial charge in [-0.15, -0.1) is 0 Å². The van der Waals surface area contributed by atoms with E-state index in [0.29, 0.717) is 6.10 Å². The molecule has 0 bridgehead atoms. The molecule has 2 saturated heterocycles. The smallest absolute Gasteiger partial charge is 0.126 e. The molecular formula is C10H17O2. The van der Waals surface area contributed by atoms with Gasteiger partial charge in [0, 0.05) is 13.2 Å². The topological polar surface area (TPSA) is 18.5 Å². The lowest BCUT2D eigenvalue weighted by Gasteiger charge is -2.31. The van der Waals surface area contributed by atoms with Gasteiger partial charge in [0.1, 0.15) is 6.10 Å². The molecule has 1 radical (unpaired) electrons. The van der Waals surface area contributed by atoms with E-state index >= 15 is 0 Å². The van der Waals surface area contributed by atoms with Crippen LogP contribution in [0, 0.1) is 6.10 Å². The van der Waals surface area contributed by atoms with Gasteiger partial charge in [0.15, 0.2) is 0 Å². The van der Waals surface area contributed by atoms with Crippen molar-refractivity contribution in [2.75, 3.05) is 13.2 Å². The Morgan fingerprint density at radius 1 is 1.00 bits per heavy atom. The Balaban J connectivity index is 1.80. The molecule has 0 saturated carbocycles. The molecule has 2 nitrogen and oxygen atoms in total. The molecule has 12 heavy (non-hydrogen) atoms. The molecule has 0 aromatic heterocycles. The quantitative estimate of drug-likeness (QED) is 0.599. The van der Waals surface area contributed by atoms with Crippen LogP contribution < -0.4 is 0 Å². The lowest BCUT2D eigenvalue weighted by molar-refractivity contribution is -0.0499. The van der Waals surface area contributed by atoms with Gasteiger partial charge in [-0.05, 0) is 38.5 Å². The van der Waals surface area contributed by atoms with Crippen molar-refractivity contribution in [3.05, 3.63) is 6.10 Å². The highest BCUT2D eigenvalue weighted by Crippen LogP contribution is 2.29. The van der Waals surface area contributed by atoms with Crippen LogP contribution in [0.25, 0.3) is 0 Å². The monoisotopic (exact) mass is 169 g/mol. The van der Waals surface area contributed by atoms with Crippen LogP contribution in [0.4, 0.5) is 0 Å². The zero-order valence-corrected chi connectivity index (χ0v) is 7.55. The summed E-state index contributed by atoms with van der Waals surface area (Å²) in [6.45, 7) is 1.84. The highest BCUT2D eigenvalue weighted by molar-refractivity contribution is 4.91. The SMILES string of the molecule is C1CC[C](C2CCCCO2)OC1. The predicted octanol–water partition coefficient (Wildman–Crippen LogP) is 2.29. The third-order valence-electron chi connectivity index (χ3n) is 2.64. The van der Waals surface area contributed by atoms with Gasteiger partial charge in [-0.1, -0.05) is 0 Å². The predicted molar refractivity (Wildman–Crippen MR) is 46.6 cm³/mol. The van der Waals surface area contributed by atoms with Crippen molar-refractivity contribution in [2.45, 2.75) is 44.6 Å². The average molecular weight is 169 g/mol. The van der Waals surface area contributed by atoms with Gasteiger partial charge in [0.2, 0.25) is 0 Å². The normalized spacial score (nSPS) is 33.5.